The van der Waals surface area contributed by atoms with Crippen LogP contribution in [0.3, 0.4) is 0 Å². The zero-order chi connectivity index (χ0) is 11.7. The monoisotopic (exact) mass is 210 g/mol. The van der Waals surface area contributed by atoms with Crippen LogP contribution < -0.4 is 0 Å². The van der Waals surface area contributed by atoms with Crippen molar-refractivity contribution in [1.29, 1.82) is 0 Å². The lowest BCUT2D eigenvalue weighted by Gasteiger charge is -2.27. The second-order valence-corrected chi connectivity index (χ2v) is 5.90. The van der Waals surface area contributed by atoms with Gasteiger partial charge in [-0.05, 0) is 24.2 Å². The maximum absolute atomic E-state index is 3.74. The van der Waals surface area contributed by atoms with E-state index < -0.39 is 0 Å². The van der Waals surface area contributed by atoms with Crippen molar-refractivity contribution in [2.45, 2.75) is 72.6 Å². The number of rotatable bonds is 8. The number of hydrogen-bond acceptors (Lipinski definition) is 0. The smallest absolute Gasteiger partial charge is 0.0353 e. The summed E-state index contributed by atoms with van der Waals surface area (Å²) in [5.74, 6) is 0.852. The summed E-state index contributed by atoms with van der Waals surface area (Å²) in [4.78, 5) is 0. The van der Waals surface area contributed by atoms with Crippen molar-refractivity contribution in [2.75, 3.05) is 0 Å². The molecule has 0 fully saturated rings. The Hall–Kier alpha value is -0.260. The summed E-state index contributed by atoms with van der Waals surface area (Å²) in [5.41, 5.74) is 0.489. The van der Waals surface area contributed by atoms with Crippen LogP contribution in [-0.2, 0) is 0 Å². The van der Waals surface area contributed by atoms with E-state index in [1.165, 1.54) is 44.9 Å². The Balaban J connectivity index is 3.27. The number of allylic oxidation sites excluding steroid dienone is 1. The van der Waals surface area contributed by atoms with Crippen LogP contribution >= 0.6 is 0 Å². The van der Waals surface area contributed by atoms with Gasteiger partial charge in [0.05, 0.1) is 0 Å². The molecule has 0 amide bonds. The Morgan fingerprint density at radius 3 is 2.07 bits per heavy atom. The molecule has 0 aliphatic rings. The third-order valence-corrected chi connectivity index (χ3v) is 3.52. The van der Waals surface area contributed by atoms with Crippen LogP contribution in [0.1, 0.15) is 72.6 Å². The molecular weight excluding hydrogens is 180 g/mol. The summed E-state index contributed by atoms with van der Waals surface area (Å²) in [5, 5.41) is 0. The molecule has 0 saturated carbocycles. The maximum atomic E-state index is 3.74. The lowest BCUT2D eigenvalue weighted by Crippen LogP contribution is -2.16. The van der Waals surface area contributed by atoms with Gasteiger partial charge in [-0.1, -0.05) is 65.9 Å². The topological polar surface area (TPSA) is 0 Å². The molecule has 1 atom stereocenters. The molecule has 0 spiro atoms. The van der Waals surface area contributed by atoms with Crippen molar-refractivity contribution in [3.63, 3.8) is 0 Å². The molecule has 0 heteroatoms. The van der Waals surface area contributed by atoms with E-state index in [9.17, 15) is 0 Å². The molecule has 0 aromatic heterocycles. The Labute approximate surface area is 97.2 Å². The third kappa shape index (κ3) is 8.72. The highest BCUT2D eigenvalue weighted by Crippen LogP contribution is 2.29. The van der Waals surface area contributed by atoms with Crippen LogP contribution in [0, 0.1) is 11.3 Å². The minimum Gasteiger partial charge on any atom is -0.103 e. The molecule has 1 unspecified atom stereocenters. The molecule has 0 aromatic carbocycles. The van der Waals surface area contributed by atoms with Crippen LogP contribution in [0.25, 0.3) is 0 Å². The van der Waals surface area contributed by atoms with Crippen LogP contribution in [0.5, 0.6) is 0 Å². The number of hydrogen-bond donors (Lipinski definition) is 0. The van der Waals surface area contributed by atoms with E-state index in [-0.39, 0.29) is 0 Å². The molecule has 0 heterocycles. The molecule has 90 valence electrons. The van der Waals surface area contributed by atoms with Crippen LogP contribution in [0.4, 0.5) is 0 Å². The van der Waals surface area contributed by atoms with E-state index in [0.29, 0.717) is 5.41 Å². The molecule has 0 aliphatic carbocycles. The van der Waals surface area contributed by atoms with E-state index in [1.807, 2.05) is 6.08 Å². The van der Waals surface area contributed by atoms with E-state index in [1.54, 1.807) is 0 Å². The van der Waals surface area contributed by atoms with Gasteiger partial charge < -0.3 is 0 Å². The molecule has 0 saturated heterocycles. The van der Waals surface area contributed by atoms with Crippen molar-refractivity contribution in [1.82, 2.24) is 0 Å². The Bertz CT molecular complexity index is 150. The van der Waals surface area contributed by atoms with Gasteiger partial charge >= 0.3 is 0 Å². The largest absolute Gasteiger partial charge is 0.103 e. The van der Waals surface area contributed by atoms with E-state index in [0.717, 1.165) is 5.92 Å². The van der Waals surface area contributed by atoms with Gasteiger partial charge in [-0.25, -0.2) is 0 Å². The quantitative estimate of drug-likeness (QED) is 0.362. The van der Waals surface area contributed by atoms with Crippen LogP contribution in [0.2, 0.25) is 0 Å². The fourth-order valence-corrected chi connectivity index (χ4v) is 1.70. The van der Waals surface area contributed by atoms with E-state index in [2.05, 4.69) is 34.3 Å². The second kappa shape index (κ2) is 7.96. The average Bonchev–Trinajstić information content (AvgIpc) is 2.14. The highest BCUT2D eigenvalue weighted by Gasteiger charge is 2.18. The standard InChI is InChI=1S/C15H30/c1-6-7-8-9-10-11-12-13-14(2)15(3,4)5/h6,14H,1,7-13H2,2-5H3. The summed E-state index contributed by atoms with van der Waals surface area (Å²) in [6.45, 7) is 13.2. The summed E-state index contributed by atoms with van der Waals surface area (Å²) >= 11 is 0. The van der Waals surface area contributed by atoms with Gasteiger partial charge in [0.25, 0.3) is 0 Å². The summed E-state index contributed by atoms with van der Waals surface area (Å²) in [7, 11) is 0. The first-order chi connectivity index (χ1) is 6.98. The molecule has 0 aliphatic heterocycles. The summed E-state index contributed by atoms with van der Waals surface area (Å²) < 4.78 is 0. The minimum atomic E-state index is 0.489. The fraction of sp³-hybridized carbons (Fsp3) is 0.867. The minimum absolute atomic E-state index is 0.489. The highest BCUT2D eigenvalue weighted by molar-refractivity contribution is 4.70. The van der Waals surface area contributed by atoms with Crippen LogP contribution in [-0.4, -0.2) is 0 Å². The van der Waals surface area contributed by atoms with Gasteiger partial charge in [-0.3, -0.25) is 0 Å². The van der Waals surface area contributed by atoms with Gasteiger partial charge in [0, 0.05) is 0 Å². The van der Waals surface area contributed by atoms with Crippen molar-refractivity contribution < 1.29 is 0 Å². The zero-order valence-electron chi connectivity index (χ0n) is 11.3. The van der Waals surface area contributed by atoms with E-state index in [4.69, 9.17) is 0 Å². The molecule has 0 N–H and O–H groups in total. The lowest BCUT2D eigenvalue weighted by atomic mass is 9.79. The van der Waals surface area contributed by atoms with E-state index >= 15 is 0 Å². The predicted octanol–water partition coefficient (Wildman–Crippen LogP) is 5.59. The first-order valence-corrected chi connectivity index (χ1v) is 6.59. The van der Waals surface area contributed by atoms with Gasteiger partial charge in [0.2, 0.25) is 0 Å². The second-order valence-electron chi connectivity index (χ2n) is 5.90. The molecular formula is C15H30. The van der Waals surface area contributed by atoms with Crippen LogP contribution in [0.15, 0.2) is 12.7 Å². The van der Waals surface area contributed by atoms with Gasteiger partial charge in [0.15, 0.2) is 0 Å². The summed E-state index contributed by atoms with van der Waals surface area (Å²) in [6, 6.07) is 0. The molecule has 0 rings (SSSR count). The maximum Gasteiger partial charge on any atom is -0.0353 e. The summed E-state index contributed by atoms with van der Waals surface area (Å²) in [6.07, 6.45) is 11.6. The molecule has 15 heavy (non-hydrogen) atoms. The van der Waals surface area contributed by atoms with Crippen molar-refractivity contribution in [3.05, 3.63) is 12.7 Å². The molecule has 0 bridgehead atoms. The SMILES string of the molecule is C=CCCCCCCCC(C)C(C)(C)C. The van der Waals surface area contributed by atoms with Crippen molar-refractivity contribution in [2.24, 2.45) is 11.3 Å². The molecule has 0 nitrogen and oxygen atoms in total. The Morgan fingerprint density at radius 1 is 1.00 bits per heavy atom. The van der Waals surface area contributed by atoms with Crippen molar-refractivity contribution >= 4 is 0 Å². The predicted molar refractivity (Wildman–Crippen MR) is 71.1 cm³/mol. The number of unbranched alkanes of at least 4 members (excludes halogenated alkanes) is 5. The van der Waals surface area contributed by atoms with Gasteiger partial charge in [-0.2, -0.15) is 0 Å². The molecule has 0 radical (unpaired) electrons. The van der Waals surface area contributed by atoms with Gasteiger partial charge in [0.1, 0.15) is 0 Å². The fourth-order valence-electron chi connectivity index (χ4n) is 1.70. The van der Waals surface area contributed by atoms with Crippen molar-refractivity contribution in [3.8, 4) is 0 Å². The highest BCUT2D eigenvalue weighted by atomic mass is 14.2. The van der Waals surface area contributed by atoms with Gasteiger partial charge in [-0.15, -0.1) is 6.58 Å². The lowest BCUT2D eigenvalue weighted by molar-refractivity contribution is 0.240. The zero-order valence-corrected chi connectivity index (χ0v) is 11.3. The first-order valence-electron chi connectivity index (χ1n) is 6.59. The first kappa shape index (κ1) is 14.7. The molecule has 0 aromatic rings. The Kier molecular flexibility index (Phi) is 7.82. The normalized spacial score (nSPS) is 13.9. The third-order valence-electron chi connectivity index (χ3n) is 3.52. The average molecular weight is 210 g/mol. The Morgan fingerprint density at radius 2 is 1.53 bits per heavy atom.